The minimum atomic E-state index is 0. The highest BCUT2D eigenvalue weighted by molar-refractivity contribution is 5.53. The maximum Gasteiger partial charge on any atom is 0.0770 e. The van der Waals surface area contributed by atoms with Crippen LogP contribution in [0.1, 0.15) is 12.8 Å². The van der Waals surface area contributed by atoms with Crippen LogP contribution in [0.3, 0.4) is 0 Å². The number of quaternary nitrogens is 1. The zero-order valence-electron chi connectivity index (χ0n) is 11.3. The Morgan fingerprint density at radius 3 is 2.56 bits per heavy atom. The van der Waals surface area contributed by atoms with Crippen LogP contribution in [0.25, 0.3) is 0 Å². The molecule has 2 rings (SSSR count). The highest BCUT2D eigenvalue weighted by Crippen LogP contribution is 2.25. The Morgan fingerprint density at radius 2 is 1.94 bits per heavy atom. The fourth-order valence-electron chi connectivity index (χ4n) is 2.48. The van der Waals surface area contributed by atoms with Gasteiger partial charge in [0.1, 0.15) is 0 Å². The second-order valence-corrected chi connectivity index (χ2v) is 5.44. The number of halogens is 1. The van der Waals surface area contributed by atoms with Gasteiger partial charge < -0.3 is 27.9 Å². The maximum atomic E-state index is 5.71. The van der Waals surface area contributed by atoms with Gasteiger partial charge in [-0.1, -0.05) is 0 Å². The topological polar surface area (TPSA) is 33.7 Å². The van der Waals surface area contributed by atoms with Gasteiger partial charge >= 0.3 is 0 Å². The van der Waals surface area contributed by atoms with E-state index in [1.807, 2.05) is 12.1 Å². The van der Waals surface area contributed by atoms with E-state index in [0.717, 1.165) is 11.6 Å². The second kappa shape index (κ2) is 6.86. The SMILES string of the molecule is C[NH+](C)CCC1CCN(c2ccc(N)cc2)C1.[Cl-]. The monoisotopic (exact) mass is 269 g/mol. The maximum absolute atomic E-state index is 5.71. The Labute approximate surface area is 116 Å². The average molecular weight is 270 g/mol. The van der Waals surface area contributed by atoms with E-state index in [-0.39, 0.29) is 12.4 Å². The van der Waals surface area contributed by atoms with Gasteiger partial charge in [0.15, 0.2) is 0 Å². The lowest BCUT2D eigenvalue weighted by atomic mass is 10.1. The molecular weight excluding hydrogens is 246 g/mol. The number of nitrogen functional groups attached to an aromatic ring is 1. The normalized spacial score (nSPS) is 19.1. The molecule has 1 heterocycles. The Bertz CT molecular complexity index is 351. The molecular formula is C14H24ClN3. The molecule has 18 heavy (non-hydrogen) atoms. The number of hydrogen-bond acceptors (Lipinski definition) is 2. The van der Waals surface area contributed by atoms with E-state index in [4.69, 9.17) is 5.73 Å². The largest absolute Gasteiger partial charge is 1.00 e. The number of rotatable bonds is 4. The summed E-state index contributed by atoms with van der Waals surface area (Å²) in [7, 11) is 4.46. The number of nitrogens with zero attached hydrogens (tertiary/aromatic N) is 1. The van der Waals surface area contributed by atoms with Gasteiger partial charge in [0.2, 0.25) is 0 Å². The average Bonchev–Trinajstić information content (AvgIpc) is 2.76. The van der Waals surface area contributed by atoms with Gasteiger partial charge in [-0.3, -0.25) is 0 Å². The summed E-state index contributed by atoms with van der Waals surface area (Å²) in [5.74, 6) is 0.863. The van der Waals surface area contributed by atoms with Crippen LogP contribution in [0.15, 0.2) is 24.3 Å². The minimum Gasteiger partial charge on any atom is -1.00 e. The molecule has 1 aromatic rings. The molecule has 0 aromatic heterocycles. The number of anilines is 2. The van der Waals surface area contributed by atoms with E-state index in [1.54, 1.807) is 4.90 Å². The summed E-state index contributed by atoms with van der Waals surface area (Å²) in [5.41, 5.74) is 7.88. The van der Waals surface area contributed by atoms with Gasteiger partial charge in [-0.05, 0) is 36.6 Å². The second-order valence-electron chi connectivity index (χ2n) is 5.44. The first-order valence-electron chi connectivity index (χ1n) is 6.54. The molecule has 102 valence electrons. The first-order valence-corrected chi connectivity index (χ1v) is 6.54. The van der Waals surface area contributed by atoms with E-state index < -0.39 is 0 Å². The lowest BCUT2D eigenvalue weighted by Crippen LogP contribution is -3.05. The quantitative estimate of drug-likeness (QED) is 0.600. The summed E-state index contributed by atoms with van der Waals surface area (Å²) in [6.07, 6.45) is 2.67. The van der Waals surface area contributed by atoms with Crippen molar-refractivity contribution in [2.45, 2.75) is 12.8 Å². The van der Waals surface area contributed by atoms with Crippen molar-refractivity contribution in [2.24, 2.45) is 5.92 Å². The van der Waals surface area contributed by atoms with Crippen LogP contribution in [0, 0.1) is 5.92 Å². The molecule has 0 amide bonds. The van der Waals surface area contributed by atoms with Crippen molar-refractivity contribution >= 4 is 11.4 Å². The van der Waals surface area contributed by atoms with Crippen molar-refractivity contribution in [1.29, 1.82) is 0 Å². The standard InChI is InChI=1S/C14H23N3.ClH/c1-16(2)9-7-12-8-10-17(11-12)14-5-3-13(15)4-6-14;/h3-6,12H,7-11,15H2,1-2H3;1H. The molecule has 0 radical (unpaired) electrons. The summed E-state index contributed by atoms with van der Waals surface area (Å²) >= 11 is 0. The predicted octanol–water partition coefficient (Wildman–Crippen LogP) is -2.37. The molecule has 1 aliphatic rings. The molecule has 3 nitrogen and oxygen atoms in total. The number of nitrogens with two attached hydrogens (primary N) is 1. The van der Waals surface area contributed by atoms with Crippen LogP contribution in [0.2, 0.25) is 0 Å². The number of hydrogen-bond donors (Lipinski definition) is 2. The Balaban J connectivity index is 0.00000162. The highest BCUT2D eigenvalue weighted by atomic mass is 35.5. The zero-order valence-corrected chi connectivity index (χ0v) is 12.1. The van der Waals surface area contributed by atoms with Gasteiger partial charge in [0.25, 0.3) is 0 Å². The van der Waals surface area contributed by atoms with E-state index in [1.165, 1.54) is 38.2 Å². The number of benzene rings is 1. The molecule has 0 spiro atoms. The van der Waals surface area contributed by atoms with Crippen LogP contribution in [0.4, 0.5) is 11.4 Å². The minimum absolute atomic E-state index is 0. The van der Waals surface area contributed by atoms with Gasteiger partial charge in [0, 0.05) is 30.9 Å². The molecule has 4 heteroatoms. The molecule has 1 unspecified atom stereocenters. The summed E-state index contributed by atoms with van der Waals surface area (Å²) < 4.78 is 0. The van der Waals surface area contributed by atoms with Crippen LogP contribution >= 0.6 is 0 Å². The fraction of sp³-hybridized carbons (Fsp3) is 0.571. The molecule has 1 aromatic carbocycles. The van der Waals surface area contributed by atoms with Crippen molar-refractivity contribution in [2.75, 3.05) is 44.4 Å². The van der Waals surface area contributed by atoms with E-state index >= 15 is 0 Å². The first-order chi connectivity index (χ1) is 8.15. The molecule has 1 fully saturated rings. The Morgan fingerprint density at radius 1 is 1.28 bits per heavy atom. The predicted molar refractivity (Wildman–Crippen MR) is 73.5 cm³/mol. The summed E-state index contributed by atoms with van der Waals surface area (Å²) in [4.78, 5) is 4.03. The molecule has 3 N–H and O–H groups in total. The van der Waals surface area contributed by atoms with Crippen molar-refractivity contribution in [1.82, 2.24) is 0 Å². The van der Waals surface area contributed by atoms with Crippen molar-refractivity contribution in [3.05, 3.63) is 24.3 Å². The fourth-order valence-corrected chi connectivity index (χ4v) is 2.48. The van der Waals surface area contributed by atoms with Crippen molar-refractivity contribution in [3.63, 3.8) is 0 Å². The summed E-state index contributed by atoms with van der Waals surface area (Å²) in [5, 5.41) is 0. The third-order valence-corrected chi connectivity index (χ3v) is 3.60. The van der Waals surface area contributed by atoms with Gasteiger partial charge in [-0.15, -0.1) is 0 Å². The van der Waals surface area contributed by atoms with Crippen molar-refractivity contribution < 1.29 is 17.3 Å². The van der Waals surface area contributed by atoms with Crippen LogP contribution in [-0.4, -0.2) is 33.7 Å². The van der Waals surface area contributed by atoms with Gasteiger partial charge in [-0.2, -0.15) is 0 Å². The van der Waals surface area contributed by atoms with E-state index in [2.05, 4.69) is 31.1 Å². The van der Waals surface area contributed by atoms with E-state index in [9.17, 15) is 0 Å². The Hall–Kier alpha value is -0.930. The van der Waals surface area contributed by atoms with Gasteiger partial charge in [-0.25, -0.2) is 0 Å². The molecule has 0 aliphatic carbocycles. The molecule has 1 atom stereocenters. The van der Waals surface area contributed by atoms with Crippen LogP contribution in [0.5, 0.6) is 0 Å². The summed E-state index contributed by atoms with van der Waals surface area (Å²) in [6.45, 7) is 3.68. The van der Waals surface area contributed by atoms with Crippen LogP contribution in [-0.2, 0) is 0 Å². The summed E-state index contributed by atoms with van der Waals surface area (Å²) in [6, 6.07) is 8.25. The lowest BCUT2D eigenvalue weighted by molar-refractivity contribution is -0.858. The first kappa shape index (κ1) is 15.1. The molecule has 1 aliphatic heterocycles. The molecule has 1 saturated heterocycles. The third-order valence-electron chi connectivity index (χ3n) is 3.60. The van der Waals surface area contributed by atoms with E-state index in [0.29, 0.717) is 0 Å². The Kier molecular flexibility index (Phi) is 5.76. The number of nitrogens with one attached hydrogen (secondary N) is 1. The van der Waals surface area contributed by atoms with Crippen molar-refractivity contribution in [3.8, 4) is 0 Å². The third kappa shape index (κ3) is 4.07. The highest BCUT2D eigenvalue weighted by Gasteiger charge is 2.22. The zero-order chi connectivity index (χ0) is 12.3. The molecule has 0 saturated carbocycles. The lowest BCUT2D eigenvalue weighted by Gasteiger charge is -2.19. The van der Waals surface area contributed by atoms with Crippen LogP contribution < -0.4 is 27.9 Å². The van der Waals surface area contributed by atoms with Gasteiger partial charge in [0.05, 0.1) is 20.6 Å². The smallest absolute Gasteiger partial charge is 0.0770 e. The molecule has 0 bridgehead atoms.